The highest BCUT2D eigenvalue weighted by atomic mass is 35.5. The van der Waals surface area contributed by atoms with Gasteiger partial charge in [0.25, 0.3) is 0 Å². The Morgan fingerprint density at radius 2 is 1.45 bits per heavy atom. The lowest BCUT2D eigenvalue weighted by atomic mass is 10.2. The van der Waals surface area contributed by atoms with Gasteiger partial charge < -0.3 is 14.8 Å². The number of halogens is 1. The van der Waals surface area contributed by atoms with Gasteiger partial charge in [-0.2, -0.15) is 0 Å². The molecule has 0 aliphatic carbocycles. The number of ether oxygens (including phenoxy) is 2. The van der Waals surface area contributed by atoms with Crippen molar-refractivity contribution >= 4 is 12.4 Å². The van der Waals surface area contributed by atoms with E-state index in [2.05, 4.69) is 17.4 Å². The summed E-state index contributed by atoms with van der Waals surface area (Å²) < 4.78 is 11.7. The molecule has 0 aliphatic rings. The van der Waals surface area contributed by atoms with E-state index < -0.39 is 0 Å². The maximum Gasteiger partial charge on any atom is 0.161 e. The van der Waals surface area contributed by atoms with Crippen LogP contribution in [0.25, 0.3) is 0 Å². The molecule has 0 radical (unpaired) electrons. The first kappa shape index (κ1) is 18.3. The summed E-state index contributed by atoms with van der Waals surface area (Å²) in [6.45, 7) is 2.30. The number of hydrogen-bond donors (Lipinski definition) is 1. The Hall–Kier alpha value is -1.71. The molecule has 0 aliphatic heterocycles. The summed E-state index contributed by atoms with van der Waals surface area (Å²) in [5.41, 5.74) is 1.15. The van der Waals surface area contributed by atoms with Crippen molar-refractivity contribution < 1.29 is 9.47 Å². The largest absolute Gasteiger partial charge is 0.490 e. The quantitative estimate of drug-likeness (QED) is 0.706. The Kier molecular flexibility index (Phi) is 9.12. The van der Waals surface area contributed by atoms with Crippen molar-refractivity contribution in [2.24, 2.45) is 0 Å². The van der Waals surface area contributed by atoms with Crippen molar-refractivity contribution in [1.82, 2.24) is 5.32 Å². The van der Waals surface area contributed by atoms with Crippen molar-refractivity contribution in [3.63, 3.8) is 0 Å². The van der Waals surface area contributed by atoms with Crippen molar-refractivity contribution in [2.45, 2.75) is 19.4 Å². The van der Waals surface area contributed by atoms with E-state index in [1.54, 1.807) is 0 Å². The van der Waals surface area contributed by atoms with Crippen molar-refractivity contribution in [1.29, 1.82) is 0 Å². The fourth-order valence-electron chi connectivity index (χ4n) is 2.01. The molecule has 2 aromatic rings. The van der Waals surface area contributed by atoms with E-state index in [0.29, 0.717) is 13.2 Å². The van der Waals surface area contributed by atoms with E-state index in [-0.39, 0.29) is 12.4 Å². The Morgan fingerprint density at radius 1 is 0.818 bits per heavy atom. The van der Waals surface area contributed by atoms with Crippen LogP contribution in [0.15, 0.2) is 54.6 Å². The van der Waals surface area contributed by atoms with Crippen molar-refractivity contribution in [2.75, 3.05) is 20.2 Å². The molecule has 1 N–H and O–H groups in total. The monoisotopic (exact) mass is 321 g/mol. The summed E-state index contributed by atoms with van der Waals surface area (Å²) in [5.74, 6) is 1.62. The first-order chi connectivity index (χ1) is 10.4. The van der Waals surface area contributed by atoms with Crippen LogP contribution in [0.2, 0.25) is 0 Å². The zero-order valence-electron chi connectivity index (χ0n) is 13.0. The van der Waals surface area contributed by atoms with Crippen molar-refractivity contribution in [3.05, 3.63) is 60.2 Å². The van der Waals surface area contributed by atoms with Crippen LogP contribution in [0.4, 0.5) is 0 Å². The minimum Gasteiger partial charge on any atom is -0.490 e. The molecule has 2 rings (SSSR count). The second-order valence-electron chi connectivity index (χ2n) is 4.88. The molecular formula is C18H24ClNO2. The first-order valence-electron chi connectivity index (χ1n) is 7.43. The molecule has 2 aromatic carbocycles. The molecule has 0 heterocycles. The summed E-state index contributed by atoms with van der Waals surface area (Å²) in [6.07, 6.45) is 2.15. The zero-order chi connectivity index (χ0) is 14.8. The summed E-state index contributed by atoms with van der Waals surface area (Å²) in [5, 5.41) is 3.14. The van der Waals surface area contributed by atoms with Gasteiger partial charge in [-0.3, -0.25) is 0 Å². The molecule has 0 bridgehead atoms. The van der Waals surface area contributed by atoms with Crippen LogP contribution in [0, 0.1) is 0 Å². The molecule has 3 nitrogen and oxygen atoms in total. The van der Waals surface area contributed by atoms with Gasteiger partial charge in [0.2, 0.25) is 0 Å². The third-order valence-electron chi connectivity index (χ3n) is 3.17. The Labute approximate surface area is 139 Å². The fourth-order valence-corrected chi connectivity index (χ4v) is 2.01. The normalized spacial score (nSPS) is 9.86. The van der Waals surface area contributed by atoms with Gasteiger partial charge in [0.05, 0.1) is 6.61 Å². The Balaban J connectivity index is 0.00000242. The summed E-state index contributed by atoms with van der Waals surface area (Å²) in [4.78, 5) is 0. The van der Waals surface area contributed by atoms with Gasteiger partial charge in [0.1, 0.15) is 6.61 Å². The zero-order valence-corrected chi connectivity index (χ0v) is 13.8. The molecule has 0 unspecified atom stereocenters. The van der Waals surface area contributed by atoms with Gasteiger partial charge in [0, 0.05) is 0 Å². The van der Waals surface area contributed by atoms with Gasteiger partial charge in [0.15, 0.2) is 11.5 Å². The van der Waals surface area contributed by atoms with Crippen LogP contribution in [-0.2, 0) is 6.61 Å². The number of para-hydroxylation sites is 2. The molecule has 4 heteroatoms. The molecule has 0 spiro atoms. The summed E-state index contributed by atoms with van der Waals surface area (Å²) >= 11 is 0. The lowest BCUT2D eigenvalue weighted by Crippen LogP contribution is -2.09. The molecule has 0 saturated heterocycles. The van der Waals surface area contributed by atoms with Gasteiger partial charge in [-0.05, 0) is 44.1 Å². The first-order valence-corrected chi connectivity index (χ1v) is 7.43. The maximum absolute atomic E-state index is 5.86. The topological polar surface area (TPSA) is 30.5 Å². The lowest BCUT2D eigenvalue weighted by Gasteiger charge is -2.12. The van der Waals surface area contributed by atoms with Crippen molar-refractivity contribution in [3.8, 4) is 11.5 Å². The predicted octanol–water partition coefficient (Wildman–Crippen LogP) is 4.07. The van der Waals surface area contributed by atoms with Crippen LogP contribution in [0.5, 0.6) is 11.5 Å². The Bertz CT molecular complexity index is 520. The number of rotatable bonds is 9. The van der Waals surface area contributed by atoms with E-state index in [0.717, 1.165) is 36.4 Å². The smallest absolute Gasteiger partial charge is 0.161 e. The van der Waals surface area contributed by atoms with Gasteiger partial charge in [-0.1, -0.05) is 42.5 Å². The molecule has 0 saturated carbocycles. The maximum atomic E-state index is 5.86. The lowest BCUT2D eigenvalue weighted by molar-refractivity contribution is 0.258. The van der Waals surface area contributed by atoms with Gasteiger partial charge >= 0.3 is 0 Å². The second-order valence-corrected chi connectivity index (χ2v) is 4.88. The standard InChI is InChI=1S/C18H23NO2.ClH/c1-19-13-7-8-14-20-17-11-5-6-12-18(17)21-15-16-9-3-2-4-10-16;/h2-6,9-12,19H,7-8,13-15H2,1H3;1H. The average Bonchev–Trinajstić information content (AvgIpc) is 2.55. The third kappa shape index (κ3) is 6.37. The highest BCUT2D eigenvalue weighted by molar-refractivity contribution is 5.85. The van der Waals surface area contributed by atoms with Crippen LogP contribution in [-0.4, -0.2) is 20.2 Å². The molecule has 0 aromatic heterocycles. The highest BCUT2D eigenvalue weighted by Crippen LogP contribution is 2.27. The number of unbranched alkanes of at least 4 members (excludes halogenated alkanes) is 1. The summed E-state index contributed by atoms with van der Waals surface area (Å²) in [6, 6.07) is 18.0. The average molecular weight is 322 g/mol. The minimum absolute atomic E-state index is 0. The van der Waals surface area contributed by atoms with Crippen LogP contribution >= 0.6 is 12.4 Å². The third-order valence-corrected chi connectivity index (χ3v) is 3.17. The van der Waals surface area contributed by atoms with Crippen LogP contribution < -0.4 is 14.8 Å². The molecule has 0 atom stereocenters. The molecular weight excluding hydrogens is 298 g/mol. The van der Waals surface area contributed by atoms with Gasteiger partial charge in [-0.15, -0.1) is 12.4 Å². The van der Waals surface area contributed by atoms with Crippen LogP contribution in [0.3, 0.4) is 0 Å². The second kappa shape index (κ2) is 10.9. The van der Waals surface area contributed by atoms with Gasteiger partial charge in [-0.25, -0.2) is 0 Å². The van der Waals surface area contributed by atoms with E-state index in [9.17, 15) is 0 Å². The summed E-state index contributed by atoms with van der Waals surface area (Å²) in [7, 11) is 1.97. The minimum atomic E-state index is 0. The molecule has 120 valence electrons. The van der Waals surface area contributed by atoms with E-state index in [1.165, 1.54) is 0 Å². The molecule has 0 amide bonds. The molecule has 22 heavy (non-hydrogen) atoms. The van der Waals surface area contributed by atoms with E-state index in [1.807, 2.05) is 49.5 Å². The predicted molar refractivity (Wildman–Crippen MR) is 93.1 cm³/mol. The highest BCUT2D eigenvalue weighted by Gasteiger charge is 2.04. The van der Waals surface area contributed by atoms with E-state index >= 15 is 0 Å². The number of hydrogen-bond acceptors (Lipinski definition) is 3. The number of benzene rings is 2. The fraction of sp³-hybridized carbons (Fsp3) is 0.333. The SMILES string of the molecule is CNCCCCOc1ccccc1OCc1ccccc1.Cl. The number of nitrogens with one attached hydrogen (secondary N) is 1. The van der Waals surface area contributed by atoms with E-state index in [4.69, 9.17) is 9.47 Å². The Morgan fingerprint density at radius 3 is 2.14 bits per heavy atom. The van der Waals surface area contributed by atoms with Crippen LogP contribution in [0.1, 0.15) is 18.4 Å². The molecule has 0 fully saturated rings.